The van der Waals surface area contributed by atoms with E-state index in [1.807, 2.05) is 6.07 Å². The van der Waals surface area contributed by atoms with Crippen molar-refractivity contribution in [2.75, 3.05) is 0 Å². The molecule has 0 aromatic heterocycles. The molecule has 0 saturated heterocycles. The summed E-state index contributed by atoms with van der Waals surface area (Å²) < 4.78 is 0. The summed E-state index contributed by atoms with van der Waals surface area (Å²) in [4.78, 5) is 0. The molecule has 0 aliphatic heterocycles. The number of hydrogen-bond acceptors (Lipinski definition) is 1. The van der Waals surface area contributed by atoms with Crippen LogP contribution in [-0.2, 0) is 0 Å². The Morgan fingerprint density at radius 1 is 0.950 bits per heavy atom. The van der Waals surface area contributed by atoms with Crippen LogP contribution in [0.1, 0.15) is 35.1 Å². The van der Waals surface area contributed by atoms with E-state index >= 15 is 0 Å². The standard InChI is InChI=1S/C19H20O/c1-13-8-9-16(12-14(13)2)19(17-10-11-18(17)20)15-6-4-3-5-7-15/h3-9,12,18,20H,10-11H2,1-2H3/b19-17+. The van der Waals surface area contributed by atoms with Gasteiger partial charge in [-0.1, -0.05) is 48.5 Å². The topological polar surface area (TPSA) is 20.2 Å². The van der Waals surface area contributed by atoms with Crippen molar-refractivity contribution < 1.29 is 5.11 Å². The van der Waals surface area contributed by atoms with Crippen molar-refractivity contribution >= 4 is 5.57 Å². The fourth-order valence-corrected chi connectivity index (χ4v) is 2.75. The van der Waals surface area contributed by atoms with E-state index in [2.05, 4.69) is 56.3 Å². The Hall–Kier alpha value is -1.86. The Morgan fingerprint density at radius 2 is 1.70 bits per heavy atom. The van der Waals surface area contributed by atoms with E-state index in [0.717, 1.165) is 12.8 Å². The van der Waals surface area contributed by atoms with Crippen molar-refractivity contribution in [2.24, 2.45) is 0 Å². The molecular formula is C19H20O. The van der Waals surface area contributed by atoms with E-state index in [-0.39, 0.29) is 6.10 Å². The highest BCUT2D eigenvalue weighted by Gasteiger charge is 2.26. The maximum absolute atomic E-state index is 10.1. The predicted octanol–water partition coefficient (Wildman–Crippen LogP) is 4.26. The Bertz CT molecular complexity index is 653. The number of aryl methyl sites for hydroxylation is 2. The van der Waals surface area contributed by atoms with Crippen molar-refractivity contribution in [1.82, 2.24) is 0 Å². The minimum atomic E-state index is -0.271. The lowest BCUT2D eigenvalue weighted by atomic mass is 9.79. The van der Waals surface area contributed by atoms with Gasteiger partial charge in [0.05, 0.1) is 6.10 Å². The summed E-state index contributed by atoms with van der Waals surface area (Å²) in [5, 5.41) is 10.1. The van der Waals surface area contributed by atoms with Crippen LogP contribution in [0.4, 0.5) is 0 Å². The lowest BCUT2D eigenvalue weighted by Gasteiger charge is -2.29. The lowest BCUT2D eigenvalue weighted by Crippen LogP contribution is -2.23. The molecular weight excluding hydrogens is 244 g/mol. The molecule has 1 nitrogen and oxygen atoms in total. The zero-order valence-corrected chi connectivity index (χ0v) is 12.1. The molecule has 20 heavy (non-hydrogen) atoms. The Kier molecular flexibility index (Phi) is 3.45. The molecule has 2 aromatic rings. The van der Waals surface area contributed by atoms with Crippen molar-refractivity contribution in [3.63, 3.8) is 0 Å². The normalized spacial score (nSPS) is 20.4. The van der Waals surface area contributed by atoms with Crippen LogP contribution in [0.5, 0.6) is 0 Å². The van der Waals surface area contributed by atoms with Crippen molar-refractivity contribution in [3.8, 4) is 0 Å². The van der Waals surface area contributed by atoms with Crippen molar-refractivity contribution in [2.45, 2.75) is 32.8 Å². The minimum absolute atomic E-state index is 0.271. The second kappa shape index (κ2) is 5.26. The van der Waals surface area contributed by atoms with Gasteiger partial charge in [0.2, 0.25) is 0 Å². The highest BCUT2D eigenvalue weighted by atomic mass is 16.3. The van der Waals surface area contributed by atoms with Gasteiger partial charge in [-0.05, 0) is 60.1 Å². The molecule has 0 radical (unpaired) electrons. The number of benzene rings is 2. The summed E-state index contributed by atoms with van der Waals surface area (Å²) in [6, 6.07) is 17.0. The Balaban J connectivity index is 2.16. The van der Waals surface area contributed by atoms with Crippen LogP contribution >= 0.6 is 0 Å². The number of rotatable bonds is 2. The monoisotopic (exact) mass is 264 g/mol. The zero-order chi connectivity index (χ0) is 14.1. The van der Waals surface area contributed by atoms with E-state index < -0.39 is 0 Å². The van der Waals surface area contributed by atoms with Gasteiger partial charge >= 0.3 is 0 Å². The largest absolute Gasteiger partial charge is 0.389 e. The van der Waals surface area contributed by atoms with Gasteiger partial charge in [0.15, 0.2) is 0 Å². The van der Waals surface area contributed by atoms with Gasteiger partial charge in [0.1, 0.15) is 0 Å². The molecule has 1 saturated carbocycles. The number of hydrogen-bond donors (Lipinski definition) is 1. The van der Waals surface area contributed by atoms with Crippen LogP contribution in [-0.4, -0.2) is 11.2 Å². The second-order valence-corrected chi connectivity index (χ2v) is 5.62. The number of aliphatic hydroxyl groups is 1. The third-order valence-electron chi connectivity index (χ3n) is 4.27. The molecule has 1 aliphatic rings. The quantitative estimate of drug-likeness (QED) is 0.859. The molecule has 1 heteroatoms. The van der Waals surface area contributed by atoms with E-state index in [4.69, 9.17) is 0 Å². The summed E-state index contributed by atoms with van der Waals surface area (Å²) in [5.41, 5.74) is 7.41. The summed E-state index contributed by atoms with van der Waals surface area (Å²) in [5.74, 6) is 0. The summed E-state index contributed by atoms with van der Waals surface area (Å²) in [6.07, 6.45) is 1.61. The van der Waals surface area contributed by atoms with E-state index in [1.165, 1.54) is 33.4 Å². The molecule has 1 fully saturated rings. The summed E-state index contributed by atoms with van der Waals surface area (Å²) >= 11 is 0. The van der Waals surface area contributed by atoms with Gasteiger partial charge in [-0.3, -0.25) is 0 Å². The highest BCUT2D eigenvalue weighted by molar-refractivity contribution is 5.83. The van der Waals surface area contributed by atoms with Gasteiger partial charge in [-0.25, -0.2) is 0 Å². The van der Waals surface area contributed by atoms with Crippen LogP contribution in [0.3, 0.4) is 0 Å². The highest BCUT2D eigenvalue weighted by Crippen LogP contribution is 2.38. The smallest absolute Gasteiger partial charge is 0.0762 e. The van der Waals surface area contributed by atoms with Gasteiger partial charge < -0.3 is 5.11 Å². The fraction of sp³-hybridized carbons (Fsp3) is 0.263. The van der Waals surface area contributed by atoms with E-state index in [9.17, 15) is 5.11 Å². The Morgan fingerprint density at radius 3 is 2.25 bits per heavy atom. The molecule has 0 spiro atoms. The molecule has 2 aromatic carbocycles. The van der Waals surface area contributed by atoms with E-state index in [1.54, 1.807) is 0 Å². The van der Waals surface area contributed by atoms with Gasteiger partial charge in [-0.15, -0.1) is 0 Å². The molecule has 1 N–H and O–H groups in total. The number of aliphatic hydroxyl groups excluding tert-OH is 1. The molecule has 1 aliphatic carbocycles. The molecule has 0 bridgehead atoms. The van der Waals surface area contributed by atoms with Gasteiger partial charge in [0.25, 0.3) is 0 Å². The predicted molar refractivity (Wildman–Crippen MR) is 83.6 cm³/mol. The molecule has 1 atom stereocenters. The second-order valence-electron chi connectivity index (χ2n) is 5.62. The first-order valence-electron chi connectivity index (χ1n) is 7.21. The summed E-state index contributed by atoms with van der Waals surface area (Å²) in [7, 11) is 0. The molecule has 3 rings (SSSR count). The van der Waals surface area contributed by atoms with Crippen molar-refractivity contribution in [1.29, 1.82) is 0 Å². The Labute approximate surface area is 120 Å². The first-order chi connectivity index (χ1) is 9.66. The maximum Gasteiger partial charge on any atom is 0.0762 e. The van der Waals surface area contributed by atoms with Crippen LogP contribution < -0.4 is 0 Å². The fourth-order valence-electron chi connectivity index (χ4n) is 2.75. The van der Waals surface area contributed by atoms with Crippen molar-refractivity contribution in [3.05, 3.63) is 76.4 Å². The van der Waals surface area contributed by atoms with Crippen LogP contribution in [0, 0.1) is 13.8 Å². The van der Waals surface area contributed by atoms with Gasteiger partial charge in [0, 0.05) is 0 Å². The molecule has 102 valence electrons. The average Bonchev–Trinajstić information content (AvgIpc) is 2.47. The SMILES string of the molecule is Cc1ccc(/C(=C2\CCC2O)c2ccccc2)cc1C. The molecule has 0 amide bonds. The molecule has 1 unspecified atom stereocenters. The van der Waals surface area contributed by atoms with Gasteiger partial charge in [-0.2, -0.15) is 0 Å². The van der Waals surface area contributed by atoms with Crippen LogP contribution in [0.2, 0.25) is 0 Å². The zero-order valence-electron chi connectivity index (χ0n) is 12.1. The van der Waals surface area contributed by atoms with E-state index in [0.29, 0.717) is 0 Å². The van der Waals surface area contributed by atoms with Crippen LogP contribution in [0.25, 0.3) is 5.57 Å². The maximum atomic E-state index is 10.1. The first kappa shape index (κ1) is 13.1. The van der Waals surface area contributed by atoms with Crippen LogP contribution in [0.15, 0.2) is 54.1 Å². The first-order valence-corrected chi connectivity index (χ1v) is 7.21. The lowest BCUT2D eigenvalue weighted by molar-refractivity contribution is 0.157. The third kappa shape index (κ3) is 2.30. The molecule has 0 heterocycles. The third-order valence-corrected chi connectivity index (χ3v) is 4.27. The average molecular weight is 264 g/mol. The summed E-state index contributed by atoms with van der Waals surface area (Å²) in [6.45, 7) is 4.27. The minimum Gasteiger partial charge on any atom is -0.389 e.